The summed E-state index contributed by atoms with van der Waals surface area (Å²) in [7, 11) is 0. The zero-order chi connectivity index (χ0) is 14.7. The third kappa shape index (κ3) is 3.09. The number of aryl methyl sites for hydroxylation is 1. The van der Waals surface area contributed by atoms with E-state index in [-0.39, 0.29) is 0 Å². The molecule has 3 heterocycles. The molecule has 2 aromatic rings. The number of hydrogen-bond acceptors (Lipinski definition) is 6. The third-order valence-corrected chi connectivity index (χ3v) is 3.52. The number of nitrogens with zero attached hydrogens (tertiary/aromatic N) is 5. The van der Waals surface area contributed by atoms with Crippen LogP contribution in [0.1, 0.15) is 25.5 Å². The minimum absolute atomic E-state index is 0.630. The highest BCUT2D eigenvalue weighted by Crippen LogP contribution is 2.21. The van der Waals surface area contributed by atoms with E-state index in [1.807, 2.05) is 32.2 Å². The van der Waals surface area contributed by atoms with Crippen LogP contribution < -0.4 is 10.2 Å². The molecule has 0 spiro atoms. The van der Waals surface area contributed by atoms with Gasteiger partial charge in [-0.05, 0) is 38.8 Å². The number of anilines is 2. The molecule has 0 saturated carbocycles. The van der Waals surface area contributed by atoms with Crippen LogP contribution in [-0.2, 0) is 0 Å². The van der Waals surface area contributed by atoms with Crippen molar-refractivity contribution in [1.29, 1.82) is 0 Å². The topological polar surface area (TPSA) is 66.8 Å². The summed E-state index contributed by atoms with van der Waals surface area (Å²) >= 11 is 0. The summed E-state index contributed by atoms with van der Waals surface area (Å²) in [5.74, 6) is 2.06. The Morgan fingerprint density at radius 3 is 2.62 bits per heavy atom. The van der Waals surface area contributed by atoms with Crippen LogP contribution in [0.5, 0.6) is 0 Å². The lowest BCUT2D eigenvalue weighted by Gasteiger charge is -2.16. The molecule has 0 amide bonds. The summed E-state index contributed by atoms with van der Waals surface area (Å²) in [5, 5.41) is 3.18. The van der Waals surface area contributed by atoms with Gasteiger partial charge >= 0.3 is 0 Å². The molecular formula is C15H20N6. The number of nitrogens with one attached hydrogen (secondary N) is 1. The summed E-state index contributed by atoms with van der Waals surface area (Å²) in [6.45, 7) is 6.82. The molecule has 1 N–H and O–H groups in total. The fraction of sp³-hybridized carbons (Fsp3) is 0.467. The van der Waals surface area contributed by atoms with Crippen molar-refractivity contribution in [1.82, 2.24) is 19.9 Å². The van der Waals surface area contributed by atoms with Gasteiger partial charge in [0.25, 0.3) is 0 Å². The fourth-order valence-corrected chi connectivity index (χ4v) is 2.39. The van der Waals surface area contributed by atoms with Crippen molar-refractivity contribution >= 4 is 11.9 Å². The molecule has 21 heavy (non-hydrogen) atoms. The van der Waals surface area contributed by atoms with Crippen molar-refractivity contribution in [2.45, 2.75) is 26.7 Å². The van der Waals surface area contributed by atoms with Crippen LogP contribution in [0.4, 0.5) is 11.9 Å². The molecule has 0 atom stereocenters. The molecule has 2 aromatic heterocycles. The van der Waals surface area contributed by atoms with Crippen LogP contribution in [0.3, 0.4) is 0 Å². The first-order valence-corrected chi connectivity index (χ1v) is 7.44. The largest absolute Gasteiger partial charge is 0.354 e. The van der Waals surface area contributed by atoms with Gasteiger partial charge < -0.3 is 10.2 Å². The second kappa shape index (κ2) is 6.03. The van der Waals surface area contributed by atoms with Gasteiger partial charge in [-0.15, -0.1) is 0 Å². The van der Waals surface area contributed by atoms with E-state index in [2.05, 4.69) is 30.2 Å². The van der Waals surface area contributed by atoms with Crippen LogP contribution in [-0.4, -0.2) is 39.6 Å². The van der Waals surface area contributed by atoms with Crippen LogP contribution in [0.15, 0.2) is 18.3 Å². The van der Waals surface area contributed by atoms with E-state index in [1.165, 1.54) is 12.8 Å². The summed E-state index contributed by atoms with van der Waals surface area (Å²) in [6, 6.07) is 3.97. The molecule has 0 aromatic carbocycles. The highest BCUT2D eigenvalue weighted by molar-refractivity contribution is 5.57. The van der Waals surface area contributed by atoms with Crippen LogP contribution >= 0.6 is 0 Å². The van der Waals surface area contributed by atoms with Crippen molar-refractivity contribution in [2.24, 2.45) is 0 Å². The smallest absolute Gasteiger partial charge is 0.230 e. The Kier molecular flexibility index (Phi) is 3.94. The quantitative estimate of drug-likeness (QED) is 0.929. The summed E-state index contributed by atoms with van der Waals surface area (Å²) in [4.78, 5) is 20.2. The van der Waals surface area contributed by atoms with Gasteiger partial charge in [-0.25, -0.2) is 0 Å². The molecule has 1 aliphatic heterocycles. The monoisotopic (exact) mass is 284 g/mol. The molecule has 1 aliphatic rings. The van der Waals surface area contributed by atoms with Gasteiger partial charge in [0.15, 0.2) is 5.82 Å². The minimum Gasteiger partial charge on any atom is -0.354 e. The predicted octanol–water partition coefficient (Wildman–Crippen LogP) is 2.27. The van der Waals surface area contributed by atoms with Gasteiger partial charge in [-0.1, -0.05) is 0 Å². The maximum Gasteiger partial charge on any atom is 0.230 e. The number of rotatable bonds is 4. The summed E-state index contributed by atoms with van der Waals surface area (Å²) in [6.07, 6.45) is 4.21. The van der Waals surface area contributed by atoms with Crippen molar-refractivity contribution < 1.29 is 0 Å². The Morgan fingerprint density at radius 1 is 1.14 bits per heavy atom. The Bertz CT molecular complexity index is 604. The summed E-state index contributed by atoms with van der Waals surface area (Å²) < 4.78 is 0. The first-order chi connectivity index (χ1) is 10.3. The van der Waals surface area contributed by atoms with Gasteiger partial charge in [-0.3, -0.25) is 4.98 Å². The SMILES string of the molecule is CCNc1nc(-c2ccc(C)nc2)nc(N2CCCC2)n1. The van der Waals surface area contributed by atoms with Gasteiger partial charge in [0.05, 0.1) is 0 Å². The van der Waals surface area contributed by atoms with Gasteiger partial charge in [0, 0.05) is 37.1 Å². The minimum atomic E-state index is 0.630. The molecule has 1 fully saturated rings. The summed E-state index contributed by atoms with van der Waals surface area (Å²) in [5.41, 5.74) is 1.90. The fourth-order valence-electron chi connectivity index (χ4n) is 2.39. The molecule has 0 bridgehead atoms. The van der Waals surface area contributed by atoms with Gasteiger partial charge in [0.2, 0.25) is 11.9 Å². The predicted molar refractivity (Wildman–Crippen MR) is 83.4 cm³/mol. The van der Waals surface area contributed by atoms with Crippen LogP contribution in [0, 0.1) is 6.92 Å². The van der Waals surface area contributed by atoms with Gasteiger partial charge in [0.1, 0.15) is 0 Å². The Balaban J connectivity index is 1.99. The standard InChI is InChI=1S/C15H20N6/c1-3-16-14-18-13(12-7-6-11(2)17-10-12)19-15(20-14)21-8-4-5-9-21/h6-7,10H,3-5,8-9H2,1-2H3,(H,16,18,19,20). The second-order valence-corrected chi connectivity index (χ2v) is 5.20. The second-order valence-electron chi connectivity index (χ2n) is 5.20. The normalized spacial score (nSPS) is 14.5. The van der Waals surface area contributed by atoms with E-state index < -0.39 is 0 Å². The number of pyridine rings is 1. The molecule has 1 saturated heterocycles. The maximum absolute atomic E-state index is 4.62. The molecule has 110 valence electrons. The zero-order valence-corrected chi connectivity index (χ0v) is 12.5. The molecule has 0 aliphatic carbocycles. The van der Waals surface area contributed by atoms with Gasteiger partial charge in [-0.2, -0.15) is 15.0 Å². The van der Waals surface area contributed by atoms with E-state index in [0.29, 0.717) is 11.8 Å². The highest BCUT2D eigenvalue weighted by Gasteiger charge is 2.17. The van der Waals surface area contributed by atoms with E-state index >= 15 is 0 Å². The Hall–Kier alpha value is -2.24. The lowest BCUT2D eigenvalue weighted by atomic mass is 10.2. The average molecular weight is 284 g/mol. The Labute approximate surface area is 124 Å². The van der Waals surface area contributed by atoms with Crippen molar-refractivity contribution in [3.05, 3.63) is 24.0 Å². The molecule has 0 radical (unpaired) electrons. The van der Waals surface area contributed by atoms with E-state index in [4.69, 9.17) is 0 Å². The van der Waals surface area contributed by atoms with Crippen LogP contribution in [0.25, 0.3) is 11.4 Å². The molecule has 6 heteroatoms. The molecular weight excluding hydrogens is 264 g/mol. The third-order valence-electron chi connectivity index (χ3n) is 3.52. The van der Waals surface area contributed by atoms with Crippen LogP contribution in [0.2, 0.25) is 0 Å². The average Bonchev–Trinajstić information content (AvgIpc) is 3.02. The van der Waals surface area contributed by atoms with E-state index in [0.717, 1.165) is 36.8 Å². The number of hydrogen-bond donors (Lipinski definition) is 1. The molecule has 6 nitrogen and oxygen atoms in total. The van der Waals surface area contributed by atoms with Crippen molar-refractivity contribution in [3.8, 4) is 11.4 Å². The number of aromatic nitrogens is 4. The maximum atomic E-state index is 4.62. The lowest BCUT2D eigenvalue weighted by Crippen LogP contribution is -2.22. The first-order valence-electron chi connectivity index (χ1n) is 7.44. The molecule has 3 rings (SSSR count). The van der Waals surface area contributed by atoms with Crippen molar-refractivity contribution in [3.63, 3.8) is 0 Å². The van der Waals surface area contributed by atoms with Crippen molar-refractivity contribution in [2.75, 3.05) is 29.9 Å². The zero-order valence-electron chi connectivity index (χ0n) is 12.5. The Morgan fingerprint density at radius 2 is 1.95 bits per heavy atom. The van der Waals surface area contributed by atoms with E-state index in [1.54, 1.807) is 0 Å². The molecule has 0 unspecified atom stereocenters. The highest BCUT2D eigenvalue weighted by atomic mass is 15.3. The van der Waals surface area contributed by atoms with E-state index in [9.17, 15) is 0 Å². The first kappa shape index (κ1) is 13.7. The lowest BCUT2D eigenvalue weighted by molar-refractivity contribution is 0.881.